The Labute approximate surface area is 101 Å². The number of hydrogen-bond donors (Lipinski definition) is 2. The predicted octanol–water partition coefficient (Wildman–Crippen LogP) is 2.14. The molecule has 2 aromatic heterocycles. The van der Waals surface area contributed by atoms with Crippen LogP contribution in [-0.2, 0) is 6.42 Å². The first-order valence-corrected chi connectivity index (χ1v) is 6.07. The van der Waals surface area contributed by atoms with Gasteiger partial charge in [-0.3, -0.25) is 4.79 Å². The molecule has 0 aromatic carbocycles. The second kappa shape index (κ2) is 5.14. The first-order valence-electron chi connectivity index (χ1n) is 4.75. The molecular formula is C10H10ClN3OS. The van der Waals surface area contributed by atoms with Crippen molar-refractivity contribution < 1.29 is 0 Å². The summed E-state index contributed by atoms with van der Waals surface area (Å²) in [7, 11) is 0. The van der Waals surface area contributed by atoms with E-state index >= 15 is 0 Å². The zero-order valence-electron chi connectivity index (χ0n) is 8.37. The molecule has 0 unspecified atom stereocenters. The van der Waals surface area contributed by atoms with Crippen LogP contribution in [0.15, 0.2) is 27.8 Å². The van der Waals surface area contributed by atoms with Crippen LogP contribution in [0.2, 0.25) is 5.02 Å². The lowest BCUT2D eigenvalue weighted by molar-refractivity contribution is 0.970. The van der Waals surface area contributed by atoms with Gasteiger partial charge in [0.25, 0.3) is 5.56 Å². The summed E-state index contributed by atoms with van der Waals surface area (Å²) >= 11 is 7.48. The molecule has 0 saturated heterocycles. The number of rotatable bonds is 4. The van der Waals surface area contributed by atoms with Crippen molar-refractivity contribution >= 4 is 28.6 Å². The highest BCUT2D eigenvalue weighted by molar-refractivity contribution is 7.07. The summed E-state index contributed by atoms with van der Waals surface area (Å²) in [6.07, 6.45) is 2.41. The van der Waals surface area contributed by atoms with Crippen LogP contribution in [0.1, 0.15) is 5.56 Å². The second-order valence-electron chi connectivity index (χ2n) is 3.24. The lowest BCUT2D eigenvalue weighted by Crippen LogP contribution is -2.13. The smallest absolute Gasteiger partial charge is 0.285 e. The van der Waals surface area contributed by atoms with Gasteiger partial charge < -0.3 is 5.32 Å². The van der Waals surface area contributed by atoms with E-state index in [1.807, 2.05) is 5.38 Å². The van der Waals surface area contributed by atoms with Crippen LogP contribution in [0.3, 0.4) is 0 Å². The van der Waals surface area contributed by atoms with E-state index in [1.165, 1.54) is 11.8 Å². The minimum absolute atomic E-state index is 0.153. The molecule has 84 valence electrons. The topological polar surface area (TPSA) is 57.8 Å². The number of halogens is 1. The molecule has 4 nitrogen and oxygen atoms in total. The van der Waals surface area contributed by atoms with E-state index in [0.717, 1.165) is 13.0 Å². The van der Waals surface area contributed by atoms with E-state index in [9.17, 15) is 4.79 Å². The quantitative estimate of drug-likeness (QED) is 0.880. The van der Waals surface area contributed by atoms with Crippen molar-refractivity contribution in [3.63, 3.8) is 0 Å². The average molecular weight is 256 g/mol. The van der Waals surface area contributed by atoms with Crippen molar-refractivity contribution in [1.82, 2.24) is 10.2 Å². The van der Waals surface area contributed by atoms with Crippen LogP contribution in [0.4, 0.5) is 5.69 Å². The molecule has 6 heteroatoms. The van der Waals surface area contributed by atoms with E-state index in [0.29, 0.717) is 5.69 Å². The Hall–Kier alpha value is -1.33. The molecule has 0 aliphatic rings. The molecule has 2 aromatic rings. The Morgan fingerprint density at radius 3 is 3.19 bits per heavy atom. The van der Waals surface area contributed by atoms with Crippen molar-refractivity contribution in [2.75, 3.05) is 11.9 Å². The van der Waals surface area contributed by atoms with E-state index in [-0.39, 0.29) is 10.6 Å². The van der Waals surface area contributed by atoms with Gasteiger partial charge in [0.15, 0.2) is 0 Å². The van der Waals surface area contributed by atoms with Crippen molar-refractivity contribution in [3.8, 4) is 0 Å². The van der Waals surface area contributed by atoms with Gasteiger partial charge in [-0.25, -0.2) is 5.10 Å². The summed E-state index contributed by atoms with van der Waals surface area (Å²) in [6.45, 7) is 0.724. The molecule has 0 fully saturated rings. The van der Waals surface area contributed by atoms with Crippen molar-refractivity contribution in [2.45, 2.75) is 6.42 Å². The highest BCUT2D eigenvalue weighted by Gasteiger charge is 2.03. The summed E-state index contributed by atoms with van der Waals surface area (Å²) in [5.41, 5.74) is 1.47. The molecule has 0 saturated carbocycles. The molecule has 0 atom stereocenters. The van der Waals surface area contributed by atoms with Gasteiger partial charge in [-0.05, 0) is 28.8 Å². The highest BCUT2D eigenvalue weighted by Crippen LogP contribution is 2.14. The Morgan fingerprint density at radius 2 is 2.44 bits per heavy atom. The Bertz CT molecular complexity index is 509. The third-order valence-electron chi connectivity index (χ3n) is 2.10. The molecule has 0 aliphatic carbocycles. The van der Waals surface area contributed by atoms with Crippen LogP contribution in [0.5, 0.6) is 0 Å². The molecule has 2 heterocycles. The lowest BCUT2D eigenvalue weighted by Gasteiger charge is -2.05. The van der Waals surface area contributed by atoms with Crippen LogP contribution in [0, 0.1) is 0 Å². The van der Waals surface area contributed by atoms with Crippen molar-refractivity contribution in [1.29, 1.82) is 0 Å². The van der Waals surface area contributed by atoms with Gasteiger partial charge in [-0.2, -0.15) is 16.4 Å². The van der Waals surface area contributed by atoms with Gasteiger partial charge in [0.1, 0.15) is 5.02 Å². The van der Waals surface area contributed by atoms with E-state index in [1.54, 1.807) is 11.3 Å². The Kier molecular flexibility index (Phi) is 3.58. The van der Waals surface area contributed by atoms with Gasteiger partial charge >= 0.3 is 0 Å². The molecule has 2 N–H and O–H groups in total. The Morgan fingerprint density at radius 1 is 1.56 bits per heavy atom. The minimum atomic E-state index is -0.373. The molecule has 0 aliphatic heterocycles. The fourth-order valence-electron chi connectivity index (χ4n) is 1.28. The van der Waals surface area contributed by atoms with Crippen molar-refractivity contribution in [3.05, 3.63) is 44.0 Å². The summed E-state index contributed by atoms with van der Waals surface area (Å²) in [5, 5.41) is 13.3. The number of thiophene rings is 1. The van der Waals surface area contributed by atoms with Gasteiger partial charge in [-0.15, -0.1) is 0 Å². The molecule has 2 rings (SSSR count). The van der Waals surface area contributed by atoms with Gasteiger partial charge in [-0.1, -0.05) is 11.6 Å². The summed E-state index contributed by atoms with van der Waals surface area (Å²) < 4.78 is 0. The molecule has 0 amide bonds. The zero-order valence-corrected chi connectivity index (χ0v) is 9.94. The van der Waals surface area contributed by atoms with Crippen LogP contribution in [0.25, 0.3) is 0 Å². The summed E-state index contributed by atoms with van der Waals surface area (Å²) in [4.78, 5) is 11.1. The first kappa shape index (κ1) is 11.2. The number of hydrogen-bond acceptors (Lipinski definition) is 4. The normalized spacial score (nSPS) is 10.3. The standard InChI is InChI=1S/C10H10ClN3OS/c11-9-8(5-13-14-10(9)15)12-3-1-7-2-4-16-6-7/h2,4-6H,1,3H2,(H2,12,14,15). The molecule has 16 heavy (non-hydrogen) atoms. The maximum Gasteiger partial charge on any atom is 0.285 e. The fraction of sp³-hybridized carbons (Fsp3) is 0.200. The number of aromatic amines is 1. The van der Waals surface area contributed by atoms with E-state index in [2.05, 4.69) is 27.0 Å². The average Bonchev–Trinajstić information content (AvgIpc) is 2.77. The SMILES string of the molecule is O=c1[nH]ncc(NCCc2ccsc2)c1Cl. The number of anilines is 1. The summed E-state index contributed by atoms with van der Waals surface area (Å²) in [5.74, 6) is 0. The fourth-order valence-corrected chi connectivity index (χ4v) is 2.14. The van der Waals surface area contributed by atoms with Gasteiger partial charge in [0, 0.05) is 6.54 Å². The molecule has 0 bridgehead atoms. The second-order valence-corrected chi connectivity index (χ2v) is 4.39. The third kappa shape index (κ3) is 2.62. The van der Waals surface area contributed by atoms with E-state index < -0.39 is 0 Å². The molecule has 0 spiro atoms. The Balaban J connectivity index is 1.95. The maximum atomic E-state index is 11.1. The maximum absolute atomic E-state index is 11.1. The predicted molar refractivity (Wildman–Crippen MR) is 66.4 cm³/mol. The van der Waals surface area contributed by atoms with Crippen LogP contribution in [-0.4, -0.2) is 16.7 Å². The highest BCUT2D eigenvalue weighted by atomic mass is 35.5. The van der Waals surface area contributed by atoms with Gasteiger partial charge in [0.05, 0.1) is 11.9 Å². The molecule has 0 radical (unpaired) electrons. The first-order chi connectivity index (χ1) is 7.77. The third-order valence-corrected chi connectivity index (χ3v) is 3.21. The number of nitrogens with one attached hydrogen (secondary N) is 2. The molecular weight excluding hydrogens is 246 g/mol. The van der Waals surface area contributed by atoms with Crippen molar-refractivity contribution in [2.24, 2.45) is 0 Å². The zero-order chi connectivity index (χ0) is 11.4. The summed E-state index contributed by atoms with van der Waals surface area (Å²) in [6, 6.07) is 2.07. The minimum Gasteiger partial charge on any atom is -0.382 e. The van der Waals surface area contributed by atoms with Crippen LogP contribution >= 0.6 is 22.9 Å². The largest absolute Gasteiger partial charge is 0.382 e. The van der Waals surface area contributed by atoms with Crippen LogP contribution < -0.4 is 10.9 Å². The number of aromatic nitrogens is 2. The number of nitrogens with zero attached hydrogens (tertiary/aromatic N) is 1. The van der Waals surface area contributed by atoms with Gasteiger partial charge in [0.2, 0.25) is 0 Å². The monoisotopic (exact) mass is 255 g/mol. The number of H-pyrrole nitrogens is 1. The lowest BCUT2D eigenvalue weighted by atomic mass is 10.2. The van der Waals surface area contributed by atoms with E-state index in [4.69, 9.17) is 11.6 Å².